The molecule has 1 aliphatic carbocycles. The van der Waals surface area contributed by atoms with Crippen LogP contribution in [0.4, 0.5) is 4.79 Å². The number of hydrogen-bond donors (Lipinski definition) is 0. The number of nitrogens with zero attached hydrogens (tertiary/aromatic N) is 2. The Hall–Kier alpha value is -2.82. The largest absolute Gasteiger partial charge is 0.445 e. The lowest BCUT2D eigenvalue weighted by Crippen LogP contribution is -2.53. The number of likely N-dealkylation sites (N-methyl/N-ethyl adjacent to an activating group) is 1. The lowest BCUT2D eigenvalue weighted by atomic mass is 9.71. The number of rotatable bonds is 5. The average Bonchev–Trinajstić information content (AvgIpc) is 3.63. The lowest BCUT2D eigenvalue weighted by Gasteiger charge is -2.42. The number of benzene rings is 2. The van der Waals surface area contributed by atoms with Crippen molar-refractivity contribution >= 4 is 12.0 Å². The summed E-state index contributed by atoms with van der Waals surface area (Å²) in [6.07, 6.45) is 3.11. The molecule has 29 heavy (non-hydrogen) atoms. The van der Waals surface area contributed by atoms with Crippen molar-refractivity contribution in [2.75, 3.05) is 20.1 Å². The van der Waals surface area contributed by atoms with Crippen molar-refractivity contribution in [2.45, 2.75) is 43.7 Å². The molecule has 5 nitrogen and oxygen atoms in total. The summed E-state index contributed by atoms with van der Waals surface area (Å²) in [4.78, 5) is 29.7. The van der Waals surface area contributed by atoms with Crippen molar-refractivity contribution in [1.29, 1.82) is 0 Å². The highest BCUT2D eigenvalue weighted by atomic mass is 16.6. The van der Waals surface area contributed by atoms with E-state index in [0.29, 0.717) is 32.0 Å². The maximum atomic E-state index is 13.5. The summed E-state index contributed by atoms with van der Waals surface area (Å²) >= 11 is 0. The van der Waals surface area contributed by atoms with Gasteiger partial charge in [-0.05, 0) is 36.8 Å². The maximum Gasteiger partial charge on any atom is 0.410 e. The minimum atomic E-state index is -0.561. The summed E-state index contributed by atoms with van der Waals surface area (Å²) in [5, 5.41) is 0. The van der Waals surface area contributed by atoms with Crippen LogP contribution < -0.4 is 0 Å². The molecule has 0 bridgehead atoms. The number of carbonyl (C=O) groups excluding carboxylic acids is 2. The Morgan fingerprint density at radius 3 is 2.17 bits per heavy atom. The summed E-state index contributed by atoms with van der Waals surface area (Å²) in [7, 11) is 1.92. The van der Waals surface area contributed by atoms with Crippen molar-refractivity contribution in [3.8, 4) is 0 Å². The van der Waals surface area contributed by atoms with Gasteiger partial charge in [0.1, 0.15) is 6.61 Å². The van der Waals surface area contributed by atoms with E-state index in [2.05, 4.69) is 0 Å². The van der Waals surface area contributed by atoms with Crippen LogP contribution in [0.5, 0.6) is 0 Å². The lowest BCUT2D eigenvalue weighted by molar-refractivity contribution is -0.138. The van der Waals surface area contributed by atoms with Gasteiger partial charge in [0, 0.05) is 26.2 Å². The molecule has 2 aromatic rings. The van der Waals surface area contributed by atoms with Crippen LogP contribution in [0.15, 0.2) is 60.7 Å². The highest BCUT2D eigenvalue weighted by Crippen LogP contribution is 2.40. The minimum absolute atomic E-state index is 0.184. The SMILES string of the molecule is CN(C(=O)C1(c2ccccc2)CCN(C(=O)OCc2ccccc2)CC1)C1CC1. The summed E-state index contributed by atoms with van der Waals surface area (Å²) in [6.45, 7) is 1.31. The van der Waals surface area contributed by atoms with E-state index in [9.17, 15) is 9.59 Å². The molecule has 0 atom stereocenters. The Kier molecular flexibility index (Phi) is 5.56. The molecule has 2 aliphatic rings. The van der Waals surface area contributed by atoms with Crippen LogP contribution in [-0.4, -0.2) is 48.0 Å². The molecular weight excluding hydrogens is 364 g/mol. The molecule has 0 spiro atoms. The summed E-state index contributed by atoms with van der Waals surface area (Å²) in [5.41, 5.74) is 1.46. The van der Waals surface area contributed by atoms with Crippen molar-refractivity contribution in [3.63, 3.8) is 0 Å². The third-order valence-corrected chi connectivity index (χ3v) is 6.23. The predicted molar refractivity (Wildman–Crippen MR) is 111 cm³/mol. The normalized spacial score (nSPS) is 18.2. The molecule has 2 fully saturated rings. The van der Waals surface area contributed by atoms with E-state index < -0.39 is 5.41 Å². The first-order valence-electron chi connectivity index (χ1n) is 10.4. The predicted octanol–water partition coefficient (Wildman–Crippen LogP) is 3.98. The Morgan fingerprint density at radius 2 is 1.59 bits per heavy atom. The smallest absolute Gasteiger partial charge is 0.410 e. The maximum absolute atomic E-state index is 13.5. The molecule has 0 unspecified atom stereocenters. The Labute approximate surface area is 172 Å². The number of ether oxygens (including phenoxy) is 1. The third kappa shape index (κ3) is 4.14. The first-order valence-corrected chi connectivity index (χ1v) is 10.4. The van der Waals surface area contributed by atoms with E-state index in [-0.39, 0.29) is 18.6 Å². The van der Waals surface area contributed by atoms with Crippen molar-refractivity contribution < 1.29 is 14.3 Å². The molecule has 1 heterocycles. The highest BCUT2D eigenvalue weighted by Gasteiger charge is 2.47. The van der Waals surface area contributed by atoms with Crippen LogP contribution in [0.3, 0.4) is 0 Å². The number of amides is 2. The van der Waals surface area contributed by atoms with E-state index in [1.807, 2.05) is 72.6 Å². The van der Waals surface area contributed by atoms with Crippen molar-refractivity contribution in [3.05, 3.63) is 71.8 Å². The molecule has 1 saturated heterocycles. The summed E-state index contributed by atoms with van der Waals surface area (Å²) in [5.74, 6) is 0.184. The van der Waals surface area contributed by atoms with Crippen LogP contribution in [0.2, 0.25) is 0 Å². The highest BCUT2D eigenvalue weighted by molar-refractivity contribution is 5.89. The molecule has 0 N–H and O–H groups in total. The summed E-state index contributed by atoms with van der Waals surface area (Å²) in [6, 6.07) is 20.1. The molecule has 0 aromatic heterocycles. The molecule has 2 aromatic carbocycles. The van der Waals surface area contributed by atoms with Gasteiger partial charge in [-0.25, -0.2) is 4.79 Å². The van der Waals surface area contributed by atoms with Crippen LogP contribution in [0.25, 0.3) is 0 Å². The van der Waals surface area contributed by atoms with Gasteiger partial charge < -0.3 is 14.5 Å². The number of carbonyl (C=O) groups is 2. The minimum Gasteiger partial charge on any atom is -0.445 e. The van der Waals surface area contributed by atoms with E-state index in [4.69, 9.17) is 4.74 Å². The first kappa shape index (κ1) is 19.5. The van der Waals surface area contributed by atoms with Gasteiger partial charge in [-0.3, -0.25) is 4.79 Å². The fourth-order valence-corrected chi connectivity index (χ4v) is 4.23. The van der Waals surface area contributed by atoms with E-state index in [0.717, 1.165) is 24.0 Å². The van der Waals surface area contributed by atoms with Crippen molar-refractivity contribution in [1.82, 2.24) is 9.80 Å². The molecule has 2 amide bonds. The Bertz CT molecular complexity index is 841. The second kappa shape index (κ2) is 8.27. The fraction of sp³-hybridized carbons (Fsp3) is 0.417. The van der Waals surface area contributed by atoms with Gasteiger partial charge in [0.15, 0.2) is 0 Å². The second-order valence-corrected chi connectivity index (χ2v) is 8.12. The van der Waals surface area contributed by atoms with E-state index >= 15 is 0 Å². The van der Waals surface area contributed by atoms with Gasteiger partial charge in [0.2, 0.25) is 5.91 Å². The Morgan fingerprint density at radius 1 is 1.00 bits per heavy atom. The average molecular weight is 392 g/mol. The Balaban J connectivity index is 1.44. The van der Waals surface area contributed by atoms with Gasteiger partial charge in [0.25, 0.3) is 0 Å². The zero-order valence-corrected chi connectivity index (χ0v) is 16.9. The molecule has 1 aliphatic heterocycles. The molecule has 4 rings (SSSR count). The van der Waals surface area contributed by atoms with Gasteiger partial charge in [-0.15, -0.1) is 0 Å². The third-order valence-electron chi connectivity index (χ3n) is 6.23. The van der Waals surface area contributed by atoms with Crippen LogP contribution in [0, 0.1) is 0 Å². The molecule has 5 heteroatoms. The second-order valence-electron chi connectivity index (χ2n) is 8.12. The molecule has 0 radical (unpaired) electrons. The van der Waals surface area contributed by atoms with Crippen LogP contribution in [0.1, 0.15) is 36.8 Å². The van der Waals surface area contributed by atoms with E-state index in [1.54, 1.807) is 4.90 Å². The fourth-order valence-electron chi connectivity index (χ4n) is 4.23. The molecule has 1 saturated carbocycles. The van der Waals surface area contributed by atoms with E-state index in [1.165, 1.54) is 0 Å². The zero-order chi connectivity index (χ0) is 20.3. The number of hydrogen-bond acceptors (Lipinski definition) is 3. The molecule has 152 valence electrons. The standard InChI is InChI=1S/C24H28N2O3/c1-25(21-12-13-21)22(27)24(20-10-6-3-7-11-20)14-16-26(17-15-24)23(28)29-18-19-8-4-2-5-9-19/h2-11,21H,12-18H2,1H3. The number of piperidine rings is 1. The first-order chi connectivity index (χ1) is 14.1. The zero-order valence-electron chi connectivity index (χ0n) is 16.9. The monoisotopic (exact) mass is 392 g/mol. The van der Waals surface area contributed by atoms with Gasteiger partial charge in [0.05, 0.1) is 5.41 Å². The van der Waals surface area contributed by atoms with Gasteiger partial charge >= 0.3 is 6.09 Å². The molecular formula is C24H28N2O3. The van der Waals surface area contributed by atoms with Crippen LogP contribution in [-0.2, 0) is 21.6 Å². The van der Waals surface area contributed by atoms with Gasteiger partial charge in [-0.1, -0.05) is 60.7 Å². The quantitative estimate of drug-likeness (QED) is 0.773. The van der Waals surface area contributed by atoms with Crippen molar-refractivity contribution in [2.24, 2.45) is 0 Å². The van der Waals surface area contributed by atoms with Gasteiger partial charge in [-0.2, -0.15) is 0 Å². The summed E-state index contributed by atoms with van der Waals surface area (Å²) < 4.78 is 5.49. The number of likely N-dealkylation sites (tertiary alicyclic amines) is 1. The topological polar surface area (TPSA) is 49.9 Å². The van der Waals surface area contributed by atoms with Crippen LogP contribution >= 0.6 is 0 Å².